The van der Waals surface area contributed by atoms with Crippen molar-refractivity contribution in [3.05, 3.63) is 63.8 Å². The molecule has 1 aromatic carbocycles. The number of pyridine rings is 1. The molecule has 0 bridgehead atoms. The van der Waals surface area contributed by atoms with Crippen molar-refractivity contribution in [2.45, 2.75) is 6.18 Å². The normalized spacial score (nSPS) is 14.9. The van der Waals surface area contributed by atoms with Gasteiger partial charge in [0, 0.05) is 17.7 Å². The van der Waals surface area contributed by atoms with Crippen molar-refractivity contribution >= 4 is 17.4 Å². The number of aromatic amines is 1. The molecule has 27 heavy (non-hydrogen) atoms. The van der Waals surface area contributed by atoms with Gasteiger partial charge in [-0.1, -0.05) is 0 Å². The Morgan fingerprint density at radius 2 is 1.70 bits per heavy atom. The van der Waals surface area contributed by atoms with Gasteiger partial charge in [-0.25, -0.2) is 4.98 Å². The predicted octanol–water partition coefficient (Wildman–Crippen LogP) is 2.39. The second-order valence-electron chi connectivity index (χ2n) is 6.01. The van der Waals surface area contributed by atoms with E-state index in [1.54, 1.807) is 4.90 Å². The SMILES string of the molecule is O=C(c1ccc([N+](=O)[O-])cc1)N1CCN(c2[nH+]cccc2C(F)(F)F)CC1. The van der Waals surface area contributed by atoms with E-state index in [2.05, 4.69) is 4.98 Å². The summed E-state index contributed by atoms with van der Waals surface area (Å²) in [6.07, 6.45) is -3.04. The Balaban J connectivity index is 1.69. The second-order valence-corrected chi connectivity index (χ2v) is 6.01. The van der Waals surface area contributed by atoms with Gasteiger partial charge in [0.25, 0.3) is 17.4 Å². The van der Waals surface area contributed by atoms with E-state index in [1.165, 1.54) is 41.4 Å². The van der Waals surface area contributed by atoms with Crippen molar-refractivity contribution in [2.75, 3.05) is 31.1 Å². The summed E-state index contributed by atoms with van der Waals surface area (Å²) in [6.45, 7) is 0.969. The van der Waals surface area contributed by atoms with Gasteiger partial charge in [-0.15, -0.1) is 0 Å². The minimum absolute atomic E-state index is 0.0209. The molecular weight excluding hydrogens is 365 g/mol. The fourth-order valence-electron chi connectivity index (χ4n) is 2.96. The van der Waals surface area contributed by atoms with Crippen LogP contribution in [0, 0.1) is 10.1 Å². The van der Waals surface area contributed by atoms with Crippen LogP contribution in [-0.2, 0) is 6.18 Å². The summed E-state index contributed by atoms with van der Waals surface area (Å²) in [6, 6.07) is 7.55. The quantitative estimate of drug-likeness (QED) is 0.604. The third-order valence-corrected chi connectivity index (χ3v) is 4.35. The Kier molecular flexibility index (Phi) is 4.98. The number of hydrogen-bond acceptors (Lipinski definition) is 4. The molecule has 1 aliphatic heterocycles. The summed E-state index contributed by atoms with van der Waals surface area (Å²) >= 11 is 0. The number of amides is 1. The average Bonchev–Trinajstić information content (AvgIpc) is 2.67. The Labute approximate surface area is 152 Å². The van der Waals surface area contributed by atoms with Crippen LogP contribution < -0.4 is 9.88 Å². The number of rotatable bonds is 3. The van der Waals surface area contributed by atoms with E-state index in [-0.39, 0.29) is 43.6 Å². The van der Waals surface area contributed by atoms with Crippen molar-refractivity contribution < 1.29 is 27.9 Å². The van der Waals surface area contributed by atoms with Crippen molar-refractivity contribution in [1.82, 2.24) is 4.90 Å². The molecule has 10 heteroatoms. The molecule has 0 radical (unpaired) electrons. The van der Waals surface area contributed by atoms with E-state index >= 15 is 0 Å². The minimum atomic E-state index is -4.47. The molecule has 1 fully saturated rings. The number of carbonyl (C=O) groups excluding carboxylic acids is 1. The average molecular weight is 381 g/mol. The van der Waals surface area contributed by atoms with Gasteiger partial charge in [0.1, 0.15) is 18.7 Å². The van der Waals surface area contributed by atoms with Crippen molar-refractivity contribution in [2.24, 2.45) is 0 Å². The van der Waals surface area contributed by atoms with Crippen LogP contribution in [-0.4, -0.2) is 41.9 Å². The van der Waals surface area contributed by atoms with Crippen LogP contribution in [0.1, 0.15) is 15.9 Å². The Morgan fingerprint density at radius 3 is 2.26 bits per heavy atom. The van der Waals surface area contributed by atoms with Crippen LogP contribution in [0.25, 0.3) is 0 Å². The number of benzene rings is 1. The highest BCUT2D eigenvalue weighted by Crippen LogP contribution is 2.34. The zero-order valence-corrected chi connectivity index (χ0v) is 14.1. The molecule has 1 saturated heterocycles. The highest BCUT2D eigenvalue weighted by Gasteiger charge is 2.40. The summed E-state index contributed by atoms with van der Waals surface area (Å²) in [4.78, 5) is 28.3. The Hall–Kier alpha value is -3.17. The number of aromatic nitrogens is 1. The van der Waals surface area contributed by atoms with Gasteiger partial charge in [-0.2, -0.15) is 13.2 Å². The standard InChI is InChI=1S/C17H15F3N4O3/c18-17(19,20)14-2-1-7-21-15(14)22-8-10-23(11-9-22)16(25)12-3-5-13(6-4-12)24(26)27/h1-7H,8-11H2/p+1. The van der Waals surface area contributed by atoms with E-state index < -0.39 is 16.7 Å². The smallest absolute Gasteiger partial charge is 0.331 e. The lowest BCUT2D eigenvalue weighted by Gasteiger charge is -2.31. The van der Waals surface area contributed by atoms with Gasteiger partial charge in [-0.05, 0) is 24.3 Å². The third-order valence-electron chi connectivity index (χ3n) is 4.35. The number of non-ortho nitro benzene ring substituents is 1. The highest BCUT2D eigenvalue weighted by molar-refractivity contribution is 5.94. The summed E-state index contributed by atoms with van der Waals surface area (Å²) in [7, 11) is 0. The number of nitrogens with one attached hydrogen (secondary N) is 1. The number of piperazine rings is 1. The molecule has 0 saturated carbocycles. The van der Waals surface area contributed by atoms with E-state index in [0.29, 0.717) is 5.56 Å². The summed E-state index contributed by atoms with van der Waals surface area (Å²) < 4.78 is 39.5. The number of H-pyrrole nitrogens is 1. The Morgan fingerprint density at radius 1 is 1.07 bits per heavy atom. The number of halogens is 3. The number of anilines is 1. The first-order valence-corrected chi connectivity index (χ1v) is 8.14. The molecule has 0 aliphatic carbocycles. The molecule has 0 spiro atoms. The van der Waals surface area contributed by atoms with Crippen LogP contribution in [0.2, 0.25) is 0 Å². The van der Waals surface area contributed by atoms with Crippen molar-refractivity contribution in [1.29, 1.82) is 0 Å². The summed E-state index contributed by atoms with van der Waals surface area (Å²) in [5.41, 5.74) is -0.563. The van der Waals surface area contributed by atoms with Crippen LogP contribution >= 0.6 is 0 Å². The summed E-state index contributed by atoms with van der Waals surface area (Å²) in [5, 5.41) is 10.7. The second kappa shape index (κ2) is 7.22. The molecule has 3 rings (SSSR count). The lowest BCUT2D eigenvalue weighted by atomic mass is 10.1. The highest BCUT2D eigenvalue weighted by atomic mass is 19.4. The fraction of sp³-hybridized carbons (Fsp3) is 0.294. The van der Waals surface area contributed by atoms with Crippen molar-refractivity contribution in [3.8, 4) is 0 Å². The van der Waals surface area contributed by atoms with Crippen LogP contribution in [0.15, 0.2) is 42.6 Å². The zero-order valence-electron chi connectivity index (χ0n) is 14.1. The van der Waals surface area contributed by atoms with Gasteiger partial charge in [0.2, 0.25) is 0 Å². The fourth-order valence-corrected chi connectivity index (χ4v) is 2.96. The monoisotopic (exact) mass is 381 g/mol. The number of nitro benzene ring substituents is 1. The lowest BCUT2D eigenvalue weighted by Crippen LogP contribution is -2.50. The van der Waals surface area contributed by atoms with Crippen LogP contribution in [0.4, 0.5) is 24.7 Å². The molecule has 2 heterocycles. The van der Waals surface area contributed by atoms with Gasteiger partial charge >= 0.3 is 6.18 Å². The largest absolute Gasteiger partial charge is 0.424 e. The molecule has 1 amide bonds. The molecule has 1 aliphatic rings. The Bertz CT molecular complexity index is 847. The van der Waals surface area contributed by atoms with Gasteiger partial charge in [0.15, 0.2) is 0 Å². The maximum atomic E-state index is 13.2. The lowest BCUT2D eigenvalue weighted by molar-refractivity contribution is -0.384. The topological polar surface area (TPSA) is 80.8 Å². The van der Waals surface area contributed by atoms with Crippen LogP contribution in [0.5, 0.6) is 0 Å². The van der Waals surface area contributed by atoms with E-state index in [0.717, 1.165) is 6.07 Å². The van der Waals surface area contributed by atoms with E-state index in [4.69, 9.17) is 0 Å². The van der Waals surface area contributed by atoms with Gasteiger partial charge in [0.05, 0.1) is 24.2 Å². The number of carbonyl (C=O) groups is 1. The molecule has 2 aromatic rings. The number of nitrogens with zero attached hydrogens (tertiary/aromatic N) is 3. The van der Waals surface area contributed by atoms with Gasteiger partial charge in [-0.3, -0.25) is 19.8 Å². The third kappa shape index (κ3) is 3.99. The van der Waals surface area contributed by atoms with E-state index in [9.17, 15) is 28.1 Å². The van der Waals surface area contributed by atoms with Crippen molar-refractivity contribution in [3.63, 3.8) is 0 Å². The first kappa shape index (κ1) is 18.6. The predicted molar refractivity (Wildman–Crippen MR) is 89.2 cm³/mol. The molecule has 1 aromatic heterocycles. The zero-order chi connectivity index (χ0) is 19.6. The van der Waals surface area contributed by atoms with Gasteiger partial charge < -0.3 is 4.90 Å². The number of hydrogen-bond donors (Lipinski definition) is 0. The molecular formula is C17H16F3N4O3+. The number of nitro groups is 1. The number of alkyl halides is 3. The maximum Gasteiger partial charge on any atom is 0.424 e. The van der Waals surface area contributed by atoms with Crippen LogP contribution in [0.3, 0.4) is 0 Å². The summed E-state index contributed by atoms with van der Waals surface area (Å²) in [5.74, 6) is -0.329. The molecule has 0 unspecified atom stereocenters. The molecule has 1 N–H and O–H groups in total. The minimum Gasteiger partial charge on any atom is -0.331 e. The molecule has 7 nitrogen and oxygen atoms in total. The first-order valence-electron chi connectivity index (χ1n) is 8.14. The first-order chi connectivity index (χ1) is 12.8. The molecule has 0 atom stereocenters. The molecule has 142 valence electrons. The maximum absolute atomic E-state index is 13.2. The van der Waals surface area contributed by atoms with E-state index in [1.807, 2.05) is 0 Å².